The Morgan fingerprint density at radius 3 is 2.75 bits per heavy atom. The van der Waals surface area contributed by atoms with Gasteiger partial charge in [-0.1, -0.05) is 12.8 Å². The van der Waals surface area contributed by atoms with E-state index in [0.717, 1.165) is 25.7 Å². The summed E-state index contributed by atoms with van der Waals surface area (Å²) in [7, 11) is 0. The molecule has 24 heavy (non-hydrogen) atoms. The molecule has 1 saturated carbocycles. The van der Waals surface area contributed by atoms with Crippen molar-refractivity contribution < 1.29 is 14.4 Å². The Hall–Kier alpha value is -2.41. The summed E-state index contributed by atoms with van der Waals surface area (Å²) >= 11 is 0. The smallest absolute Gasteiger partial charge is 0.251 e. The van der Waals surface area contributed by atoms with Crippen LogP contribution in [0.1, 0.15) is 43.0 Å². The Bertz CT molecular complexity index is 688. The SMILES string of the molecule is CC(=O)N1CC(=O)Nc2cc(C(=O)NC3CCCCC3N)ccc21. The number of amides is 3. The van der Waals surface area contributed by atoms with E-state index in [1.807, 2.05) is 0 Å². The van der Waals surface area contributed by atoms with Crippen LogP contribution in [0.15, 0.2) is 18.2 Å². The molecule has 1 aliphatic heterocycles. The molecule has 1 heterocycles. The molecule has 2 aliphatic rings. The van der Waals surface area contributed by atoms with E-state index in [2.05, 4.69) is 10.6 Å². The first-order valence-electron chi connectivity index (χ1n) is 8.24. The van der Waals surface area contributed by atoms with Crippen molar-refractivity contribution in [2.45, 2.75) is 44.7 Å². The maximum atomic E-state index is 12.5. The van der Waals surface area contributed by atoms with E-state index in [-0.39, 0.29) is 36.3 Å². The maximum Gasteiger partial charge on any atom is 0.251 e. The van der Waals surface area contributed by atoms with Crippen LogP contribution in [-0.2, 0) is 9.59 Å². The summed E-state index contributed by atoms with van der Waals surface area (Å²) in [6, 6.07) is 4.91. The lowest BCUT2D eigenvalue weighted by Gasteiger charge is -2.30. The van der Waals surface area contributed by atoms with Crippen LogP contribution in [0, 0.1) is 0 Å². The Morgan fingerprint density at radius 1 is 1.29 bits per heavy atom. The summed E-state index contributed by atoms with van der Waals surface area (Å²) in [5.74, 6) is -0.699. The van der Waals surface area contributed by atoms with Crippen LogP contribution in [0.5, 0.6) is 0 Å². The molecule has 4 N–H and O–H groups in total. The number of benzene rings is 1. The van der Waals surface area contributed by atoms with E-state index in [1.165, 1.54) is 11.8 Å². The Kier molecular flexibility index (Phi) is 4.53. The van der Waals surface area contributed by atoms with Crippen molar-refractivity contribution in [3.63, 3.8) is 0 Å². The molecule has 7 nitrogen and oxygen atoms in total. The first kappa shape index (κ1) is 16.4. The summed E-state index contributed by atoms with van der Waals surface area (Å²) < 4.78 is 0. The van der Waals surface area contributed by atoms with Crippen molar-refractivity contribution in [2.75, 3.05) is 16.8 Å². The van der Waals surface area contributed by atoms with Crippen LogP contribution >= 0.6 is 0 Å². The van der Waals surface area contributed by atoms with Crippen molar-refractivity contribution in [1.29, 1.82) is 0 Å². The van der Waals surface area contributed by atoms with E-state index >= 15 is 0 Å². The molecule has 0 saturated heterocycles. The number of carbonyl (C=O) groups is 3. The van der Waals surface area contributed by atoms with Gasteiger partial charge in [-0.15, -0.1) is 0 Å². The van der Waals surface area contributed by atoms with Gasteiger partial charge in [0.15, 0.2) is 0 Å². The molecule has 128 valence electrons. The lowest BCUT2D eigenvalue weighted by Crippen LogP contribution is -2.49. The molecule has 1 aliphatic carbocycles. The third kappa shape index (κ3) is 3.26. The highest BCUT2D eigenvalue weighted by Gasteiger charge is 2.27. The van der Waals surface area contributed by atoms with Crippen molar-refractivity contribution in [3.8, 4) is 0 Å². The molecule has 3 amide bonds. The summed E-state index contributed by atoms with van der Waals surface area (Å²) in [4.78, 5) is 37.3. The minimum absolute atomic E-state index is 0.00912. The van der Waals surface area contributed by atoms with Crippen LogP contribution in [0.25, 0.3) is 0 Å². The normalized spacial score (nSPS) is 23.2. The number of fused-ring (bicyclic) bond motifs is 1. The van der Waals surface area contributed by atoms with Crippen LogP contribution in [-0.4, -0.2) is 36.3 Å². The molecular formula is C17H22N4O3. The predicted octanol–water partition coefficient (Wildman–Crippen LogP) is 0.991. The number of hydrogen-bond donors (Lipinski definition) is 3. The largest absolute Gasteiger partial charge is 0.348 e. The molecule has 0 aromatic heterocycles. The van der Waals surface area contributed by atoms with E-state index in [0.29, 0.717) is 16.9 Å². The van der Waals surface area contributed by atoms with Crippen molar-refractivity contribution in [1.82, 2.24) is 5.32 Å². The van der Waals surface area contributed by atoms with Gasteiger partial charge in [0.1, 0.15) is 6.54 Å². The van der Waals surface area contributed by atoms with Crippen molar-refractivity contribution >= 4 is 29.1 Å². The number of anilines is 2. The van der Waals surface area contributed by atoms with Gasteiger partial charge in [-0.3, -0.25) is 14.4 Å². The molecule has 0 spiro atoms. The van der Waals surface area contributed by atoms with Crippen molar-refractivity contribution in [2.24, 2.45) is 5.73 Å². The number of nitrogens with zero attached hydrogens (tertiary/aromatic N) is 1. The van der Waals surface area contributed by atoms with Crippen LogP contribution in [0.2, 0.25) is 0 Å². The average molecular weight is 330 g/mol. The van der Waals surface area contributed by atoms with Crippen LogP contribution < -0.4 is 21.3 Å². The van der Waals surface area contributed by atoms with Crippen LogP contribution in [0.4, 0.5) is 11.4 Å². The predicted molar refractivity (Wildman–Crippen MR) is 90.8 cm³/mol. The number of carbonyl (C=O) groups excluding carboxylic acids is 3. The minimum atomic E-state index is -0.274. The maximum absolute atomic E-state index is 12.5. The third-order valence-corrected chi connectivity index (χ3v) is 4.64. The lowest BCUT2D eigenvalue weighted by atomic mass is 9.91. The minimum Gasteiger partial charge on any atom is -0.348 e. The zero-order chi connectivity index (χ0) is 17.3. The highest BCUT2D eigenvalue weighted by atomic mass is 16.2. The summed E-state index contributed by atoms with van der Waals surface area (Å²) in [6.45, 7) is 1.40. The van der Waals surface area contributed by atoms with E-state index in [1.54, 1.807) is 18.2 Å². The molecule has 1 fully saturated rings. The fourth-order valence-corrected chi connectivity index (χ4v) is 3.30. The molecule has 0 bridgehead atoms. The van der Waals surface area contributed by atoms with E-state index in [4.69, 9.17) is 5.73 Å². The molecule has 1 aromatic rings. The first-order valence-corrected chi connectivity index (χ1v) is 8.24. The van der Waals surface area contributed by atoms with Gasteiger partial charge in [-0.05, 0) is 31.0 Å². The molecule has 2 atom stereocenters. The summed E-state index contributed by atoms with van der Waals surface area (Å²) in [5, 5.41) is 5.69. The summed E-state index contributed by atoms with van der Waals surface area (Å²) in [5.41, 5.74) is 7.59. The average Bonchev–Trinajstić information content (AvgIpc) is 2.55. The number of nitrogens with two attached hydrogens (primary N) is 1. The molecule has 2 unspecified atom stereocenters. The van der Waals surface area contributed by atoms with Gasteiger partial charge in [0.25, 0.3) is 5.91 Å². The fourth-order valence-electron chi connectivity index (χ4n) is 3.30. The monoisotopic (exact) mass is 330 g/mol. The second-order valence-corrected chi connectivity index (χ2v) is 6.41. The highest BCUT2D eigenvalue weighted by molar-refractivity contribution is 6.10. The zero-order valence-corrected chi connectivity index (χ0v) is 13.7. The molecular weight excluding hydrogens is 308 g/mol. The molecule has 3 rings (SSSR count). The molecule has 7 heteroatoms. The van der Waals surface area contributed by atoms with Gasteiger partial charge in [0, 0.05) is 24.6 Å². The van der Waals surface area contributed by atoms with E-state index < -0.39 is 0 Å². The number of hydrogen-bond acceptors (Lipinski definition) is 4. The van der Waals surface area contributed by atoms with Crippen LogP contribution in [0.3, 0.4) is 0 Å². The second-order valence-electron chi connectivity index (χ2n) is 6.41. The standard InChI is InChI=1S/C17H22N4O3/c1-10(22)21-9-16(23)19-14-8-11(6-7-15(14)21)17(24)20-13-5-3-2-4-12(13)18/h6-8,12-13H,2-5,9,18H2,1H3,(H,19,23)(H,20,24). The number of rotatable bonds is 2. The van der Waals surface area contributed by atoms with Gasteiger partial charge < -0.3 is 21.3 Å². The quantitative estimate of drug-likeness (QED) is 0.752. The van der Waals surface area contributed by atoms with Gasteiger partial charge in [-0.2, -0.15) is 0 Å². The summed E-state index contributed by atoms with van der Waals surface area (Å²) in [6.07, 6.45) is 3.96. The fraction of sp³-hybridized carbons (Fsp3) is 0.471. The Morgan fingerprint density at radius 2 is 2.04 bits per heavy atom. The Balaban J connectivity index is 1.80. The molecule has 1 aromatic carbocycles. The Labute approximate surface area is 140 Å². The van der Waals surface area contributed by atoms with Gasteiger partial charge >= 0.3 is 0 Å². The lowest BCUT2D eigenvalue weighted by molar-refractivity contribution is -0.120. The van der Waals surface area contributed by atoms with E-state index in [9.17, 15) is 14.4 Å². The van der Waals surface area contributed by atoms with Gasteiger partial charge in [0.2, 0.25) is 11.8 Å². The van der Waals surface area contributed by atoms with Gasteiger partial charge in [0.05, 0.1) is 11.4 Å². The third-order valence-electron chi connectivity index (χ3n) is 4.64. The topological polar surface area (TPSA) is 105 Å². The van der Waals surface area contributed by atoms with Crippen molar-refractivity contribution in [3.05, 3.63) is 23.8 Å². The first-order chi connectivity index (χ1) is 11.5. The zero-order valence-electron chi connectivity index (χ0n) is 13.7. The number of nitrogens with one attached hydrogen (secondary N) is 2. The second kappa shape index (κ2) is 6.60. The molecule has 0 radical (unpaired) electrons. The van der Waals surface area contributed by atoms with Gasteiger partial charge in [-0.25, -0.2) is 0 Å². The highest BCUT2D eigenvalue weighted by Crippen LogP contribution is 2.30.